The molecule has 3 rings (SSSR count). The van der Waals surface area contributed by atoms with Gasteiger partial charge in [-0.1, -0.05) is 29.3 Å². The first-order valence-corrected chi connectivity index (χ1v) is 7.39. The van der Waals surface area contributed by atoms with Crippen molar-refractivity contribution in [1.29, 1.82) is 0 Å². The largest absolute Gasteiger partial charge is 0.497 e. The predicted octanol–water partition coefficient (Wildman–Crippen LogP) is 4.53. The highest BCUT2D eigenvalue weighted by molar-refractivity contribution is 6.35. The van der Waals surface area contributed by atoms with E-state index in [2.05, 4.69) is 0 Å². The molecule has 0 spiro atoms. The molecule has 0 radical (unpaired) electrons. The summed E-state index contributed by atoms with van der Waals surface area (Å²) in [5, 5.41) is 1.20. The fraction of sp³-hybridized carbons (Fsp3) is 0.250. The average molecular weight is 324 g/mol. The normalized spacial score (nSPS) is 20.6. The Balaban J connectivity index is 1.94. The third-order valence-electron chi connectivity index (χ3n) is 3.66. The quantitative estimate of drug-likeness (QED) is 0.883. The zero-order valence-corrected chi connectivity index (χ0v) is 13.0. The van der Waals surface area contributed by atoms with E-state index in [9.17, 15) is 0 Å². The van der Waals surface area contributed by atoms with E-state index in [4.69, 9.17) is 38.4 Å². The van der Waals surface area contributed by atoms with Gasteiger partial charge in [0.15, 0.2) is 0 Å². The Hall–Kier alpha value is -1.42. The number of halogens is 2. The lowest BCUT2D eigenvalue weighted by atomic mass is 9.93. The summed E-state index contributed by atoms with van der Waals surface area (Å²) in [6.45, 7) is 0. The van der Waals surface area contributed by atoms with Crippen LogP contribution in [-0.4, -0.2) is 7.11 Å². The number of hydrogen-bond acceptors (Lipinski definition) is 3. The van der Waals surface area contributed by atoms with E-state index in [0.29, 0.717) is 16.5 Å². The minimum Gasteiger partial charge on any atom is -0.497 e. The summed E-state index contributed by atoms with van der Waals surface area (Å²) < 4.78 is 11.3. The molecular weight excluding hydrogens is 309 g/mol. The van der Waals surface area contributed by atoms with Crippen molar-refractivity contribution in [2.45, 2.75) is 18.6 Å². The average Bonchev–Trinajstić information content (AvgIpc) is 2.47. The summed E-state index contributed by atoms with van der Waals surface area (Å²) in [7, 11) is 1.63. The standard InChI is InChI=1S/C16H15Cl2NO2/c1-20-10-3-5-15-12(7-10)14(19)8-16(21-15)11-4-2-9(17)6-13(11)18/h2-7,14,16H,8,19H2,1H3/t14-,16?/m1/s1. The van der Waals surface area contributed by atoms with Crippen LogP contribution in [0.25, 0.3) is 0 Å². The molecule has 2 N–H and O–H groups in total. The van der Waals surface area contributed by atoms with Crippen LogP contribution >= 0.6 is 23.2 Å². The number of benzene rings is 2. The molecule has 0 fully saturated rings. The fourth-order valence-electron chi connectivity index (χ4n) is 2.56. The van der Waals surface area contributed by atoms with E-state index in [1.54, 1.807) is 19.2 Å². The van der Waals surface area contributed by atoms with Gasteiger partial charge in [0.2, 0.25) is 0 Å². The van der Waals surface area contributed by atoms with Crippen LogP contribution in [-0.2, 0) is 0 Å². The van der Waals surface area contributed by atoms with Crippen molar-refractivity contribution in [1.82, 2.24) is 0 Å². The molecule has 110 valence electrons. The highest BCUT2D eigenvalue weighted by atomic mass is 35.5. The molecule has 0 saturated carbocycles. The molecule has 2 aromatic carbocycles. The number of ether oxygens (including phenoxy) is 2. The zero-order valence-electron chi connectivity index (χ0n) is 11.5. The molecule has 0 aliphatic carbocycles. The third kappa shape index (κ3) is 2.82. The Morgan fingerprint density at radius 1 is 1.14 bits per heavy atom. The van der Waals surface area contributed by atoms with E-state index in [-0.39, 0.29) is 12.1 Å². The molecule has 1 aliphatic heterocycles. The molecule has 1 heterocycles. The molecule has 1 aliphatic rings. The molecule has 2 aromatic rings. The van der Waals surface area contributed by atoms with Gasteiger partial charge < -0.3 is 15.2 Å². The van der Waals surface area contributed by atoms with Gasteiger partial charge >= 0.3 is 0 Å². The van der Waals surface area contributed by atoms with Crippen molar-refractivity contribution >= 4 is 23.2 Å². The Morgan fingerprint density at radius 3 is 2.67 bits per heavy atom. The van der Waals surface area contributed by atoms with Gasteiger partial charge in [-0.3, -0.25) is 0 Å². The number of hydrogen-bond donors (Lipinski definition) is 1. The molecule has 1 unspecified atom stereocenters. The zero-order chi connectivity index (χ0) is 15.0. The number of fused-ring (bicyclic) bond motifs is 1. The summed E-state index contributed by atoms with van der Waals surface area (Å²) in [6, 6.07) is 10.9. The minimum atomic E-state index is -0.175. The summed E-state index contributed by atoms with van der Waals surface area (Å²) >= 11 is 12.2. The van der Waals surface area contributed by atoms with Crippen LogP contribution in [0.1, 0.15) is 29.7 Å². The molecular formula is C16H15Cl2NO2. The fourth-order valence-corrected chi connectivity index (χ4v) is 3.09. The van der Waals surface area contributed by atoms with Crippen molar-refractivity contribution < 1.29 is 9.47 Å². The second-order valence-corrected chi connectivity index (χ2v) is 5.86. The second kappa shape index (κ2) is 5.76. The van der Waals surface area contributed by atoms with Crippen molar-refractivity contribution in [3.8, 4) is 11.5 Å². The molecule has 0 aromatic heterocycles. The van der Waals surface area contributed by atoms with Gasteiger partial charge in [-0.05, 0) is 30.3 Å². The van der Waals surface area contributed by atoms with Crippen LogP contribution in [0.2, 0.25) is 10.0 Å². The van der Waals surface area contributed by atoms with Gasteiger partial charge in [0.1, 0.15) is 17.6 Å². The topological polar surface area (TPSA) is 44.5 Å². The van der Waals surface area contributed by atoms with Crippen molar-refractivity contribution in [2.75, 3.05) is 7.11 Å². The first kappa shape index (κ1) is 14.5. The maximum Gasteiger partial charge on any atom is 0.127 e. The highest BCUT2D eigenvalue weighted by Gasteiger charge is 2.28. The second-order valence-electron chi connectivity index (χ2n) is 5.02. The maximum absolute atomic E-state index is 6.27. The van der Waals surface area contributed by atoms with Gasteiger partial charge in [0.25, 0.3) is 0 Å². The van der Waals surface area contributed by atoms with Crippen LogP contribution in [0.4, 0.5) is 0 Å². The number of methoxy groups -OCH3 is 1. The number of rotatable bonds is 2. The summed E-state index contributed by atoms with van der Waals surface area (Å²) in [4.78, 5) is 0. The Bertz CT molecular complexity index is 675. The lowest BCUT2D eigenvalue weighted by Gasteiger charge is -2.31. The Labute approximate surface area is 133 Å². The monoisotopic (exact) mass is 323 g/mol. The molecule has 0 bridgehead atoms. The van der Waals surface area contributed by atoms with Crippen molar-refractivity contribution in [3.05, 3.63) is 57.6 Å². The molecule has 5 heteroatoms. The van der Waals surface area contributed by atoms with Crippen LogP contribution in [0.3, 0.4) is 0 Å². The van der Waals surface area contributed by atoms with Crippen LogP contribution < -0.4 is 15.2 Å². The molecule has 21 heavy (non-hydrogen) atoms. The summed E-state index contributed by atoms with van der Waals surface area (Å²) in [6.07, 6.45) is 0.479. The van der Waals surface area contributed by atoms with Gasteiger partial charge in [0.05, 0.1) is 7.11 Å². The van der Waals surface area contributed by atoms with E-state index in [1.807, 2.05) is 24.3 Å². The van der Waals surface area contributed by atoms with Gasteiger partial charge in [-0.15, -0.1) is 0 Å². The Kier molecular flexibility index (Phi) is 3.98. The lowest BCUT2D eigenvalue weighted by molar-refractivity contribution is 0.161. The first-order chi connectivity index (χ1) is 10.1. The molecule has 3 nitrogen and oxygen atoms in total. The van der Waals surface area contributed by atoms with E-state index >= 15 is 0 Å². The van der Waals surface area contributed by atoms with Gasteiger partial charge in [-0.25, -0.2) is 0 Å². The first-order valence-electron chi connectivity index (χ1n) is 6.63. The van der Waals surface area contributed by atoms with Crippen LogP contribution in [0, 0.1) is 0 Å². The lowest BCUT2D eigenvalue weighted by Crippen LogP contribution is -2.24. The van der Waals surface area contributed by atoms with E-state index in [0.717, 1.165) is 22.6 Å². The maximum atomic E-state index is 6.27. The smallest absolute Gasteiger partial charge is 0.127 e. The van der Waals surface area contributed by atoms with Gasteiger partial charge in [-0.2, -0.15) is 0 Å². The van der Waals surface area contributed by atoms with Crippen LogP contribution in [0.15, 0.2) is 36.4 Å². The number of nitrogens with two attached hydrogens (primary N) is 1. The predicted molar refractivity (Wildman–Crippen MR) is 84.4 cm³/mol. The SMILES string of the molecule is COc1ccc2c(c1)[C@H](N)CC(c1ccc(Cl)cc1Cl)O2. The van der Waals surface area contributed by atoms with Gasteiger partial charge in [0, 0.05) is 33.6 Å². The van der Waals surface area contributed by atoms with Crippen LogP contribution in [0.5, 0.6) is 11.5 Å². The summed E-state index contributed by atoms with van der Waals surface area (Å²) in [5.41, 5.74) is 8.13. The minimum absolute atomic E-state index is 0.124. The van der Waals surface area contributed by atoms with Crippen molar-refractivity contribution in [3.63, 3.8) is 0 Å². The third-order valence-corrected chi connectivity index (χ3v) is 4.23. The summed E-state index contributed by atoms with van der Waals surface area (Å²) in [5.74, 6) is 1.54. The van der Waals surface area contributed by atoms with E-state index in [1.165, 1.54) is 0 Å². The molecule has 2 atom stereocenters. The van der Waals surface area contributed by atoms with E-state index < -0.39 is 0 Å². The molecule has 0 saturated heterocycles. The molecule has 0 amide bonds. The Morgan fingerprint density at radius 2 is 1.95 bits per heavy atom. The highest BCUT2D eigenvalue weighted by Crippen LogP contribution is 2.42. The van der Waals surface area contributed by atoms with Crippen molar-refractivity contribution in [2.24, 2.45) is 5.73 Å².